The molecule has 1 unspecified atom stereocenters. The first-order chi connectivity index (χ1) is 8.58. The molecule has 0 aliphatic carbocycles. The molecular formula is C13H12BrClFNS. The van der Waals surface area contributed by atoms with Crippen LogP contribution in [0.1, 0.15) is 10.4 Å². The Balaban J connectivity index is 2.08. The first kappa shape index (κ1) is 14.0. The molecule has 1 atom stereocenters. The molecule has 0 spiro atoms. The molecule has 1 aromatic carbocycles. The number of hydrogen-bond acceptors (Lipinski definition) is 2. The van der Waals surface area contributed by atoms with Gasteiger partial charge in [0.05, 0.1) is 0 Å². The zero-order valence-corrected chi connectivity index (χ0v) is 12.7. The third-order valence-corrected chi connectivity index (χ3v) is 4.97. The van der Waals surface area contributed by atoms with Gasteiger partial charge in [-0.25, -0.2) is 4.39 Å². The minimum absolute atomic E-state index is 0.144. The predicted octanol–water partition coefficient (Wildman–Crippen LogP) is 4.42. The van der Waals surface area contributed by atoms with Gasteiger partial charge in [0, 0.05) is 26.0 Å². The average Bonchev–Trinajstić information content (AvgIpc) is 2.70. The fourth-order valence-corrected chi connectivity index (χ4v) is 3.62. The summed E-state index contributed by atoms with van der Waals surface area (Å²) in [5.74, 6) is -0.289. The molecule has 1 heterocycles. The molecule has 0 bridgehead atoms. The Bertz CT molecular complexity index is 523. The first-order valence-corrected chi connectivity index (χ1v) is 7.53. The van der Waals surface area contributed by atoms with Gasteiger partial charge in [-0.2, -0.15) is 0 Å². The molecule has 96 valence electrons. The quantitative estimate of drug-likeness (QED) is 0.870. The zero-order valence-electron chi connectivity index (χ0n) is 9.50. The first-order valence-electron chi connectivity index (χ1n) is 5.48. The van der Waals surface area contributed by atoms with Crippen molar-refractivity contribution in [3.8, 4) is 0 Å². The molecule has 0 radical (unpaired) electrons. The predicted molar refractivity (Wildman–Crippen MR) is 78.8 cm³/mol. The monoisotopic (exact) mass is 347 g/mol. The van der Waals surface area contributed by atoms with Gasteiger partial charge in [-0.05, 0) is 52.4 Å². The summed E-state index contributed by atoms with van der Waals surface area (Å²) in [4.78, 5) is 1.18. The highest BCUT2D eigenvalue weighted by Gasteiger charge is 2.14. The van der Waals surface area contributed by atoms with E-state index in [0.717, 1.165) is 4.47 Å². The molecule has 1 aromatic heterocycles. The lowest BCUT2D eigenvalue weighted by Crippen LogP contribution is -2.25. The van der Waals surface area contributed by atoms with Crippen LogP contribution < -0.4 is 5.73 Å². The summed E-state index contributed by atoms with van der Waals surface area (Å²) in [5.41, 5.74) is 6.56. The Morgan fingerprint density at radius 3 is 2.72 bits per heavy atom. The van der Waals surface area contributed by atoms with Crippen LogP contribution in [0.3, 0.4) is 0 Å². The normalized spacial score (nSPS) is 12.7. The van der Waals surface area contributed by atoms with E-state index in [1.165, 1.54) is 10.9 Å². The van der Waals surface area contributed by atoms with Gasteiger partial charge in [-0.3, -0.25) is 0 Å². The van der Waals surface area contributed by atoms with E-state index in [-0.39, 0.29) is 11.9 Å². The van der Waals surface area contributed by atoms with E-state index >= 15 is 0 Å². The van der Waals surface area contributed by atoms with E-state index in [0.29, 0.717) is 23.4 Å². The van der Waals surface area contributed by atoms with E-state index in [2.05, 4.69) is 15.9 Å². The van der Waals surface area contributed by atoms with Crippen LogP contribution in [-0.4, -0.2) is 6.04 Å². The molecule has 0 fully saturated rings. The SMILES string of the molecule is NC(Cc1sccc1Br)Cc1c(F)cccc1Cl. The molecule has 0 saturated carbocycles. The summed E-state index contributed by atoms with van der Waals surface area (Å²) in [7, 11) is 0. The van der Waals surface area contributed by atoms with Gasteiger partial charge >= 0.3 is 0 Å². The molecule has 1 nitrogen and oxygen atoms in total. The maximum Gasteiger partial charge on any atom is 0.127 e. The zero-order chi connectivity index (χ0) is 13.1. The molecule has 2 aromatic rings. The van der Waals surface area contributed by atoms with Crippen molar-refractivity contribution in [2.24, 2.45) is 5.73 Å². The van der Waals surface area contributed by atoms with Crippen LogP contribution in [0.4, 0.5) is 4.39 Å². The molecule has 5 heteroatoms. The second-order valence-corrected chi connectivity index (χ2v) is 6.32. The number of nitrogens with two attached hydrogens (primary N) is 1. The summed E-state index contributed by atoms with van der Waals surface area (Å²) in [6.45, 7) is 0. The summed E-state index contributed by atoms with van der Waals surface area (Å²) in [5, 5.41) is 2.44. The van der Waals surface area contributed by atoms with Crippen LogP contribution in [0.25, 0.3) is 0 Å². The maximum absolute atomic E-state index is 13.6. The molecule has 0 saturated heterocycles. The summed E-state index contributed by atoms with van der Waals surface area (Å²) < 4.78 is 14.7. The second kappa shape index (κ2) is 6.15. The van der Waals surface area contributed by atoms with E-state index in [1.807, 2.05) is 11.4 Å². The van der Waals surface area contributed by atoms with Gasteiger partial charge in [-0.15, -0.1) is 11.3 Å². The highest BCUT2D eigenvalue weighted by Crippen LogP contribution is 2.26. The minimum atomic E-state index is -0.289. The van der Waals surface area contributed by atoms with Crippen molar-refractivity contribution in [1.29, 1.82) is 0 Å². The van der Waals surface area contributed by atoms with Crippen LogP contribution >= 0.6 is 38.9 Å². The van der Waals surface area contributed by atoms with Gasteiger partial charge in [0.15, 0.2) is 0 Å². The van der Waals surface area contributed by atoms with E-state index in [9.17, 15) is 4.39 Å². The Hall–Kier alpha value is -0.420. The van der Waals surface area contributed by atoms with Crippen LogP contribution in [0.5, 0.6) is 0 Å². The van der Waals surface area contributed by atoms with Crippen molar-refractivity contribution in [3.05, 3.63) is 55.4 Å². The minimum Gasteiger partial charge on any atom is -0.327 e. The number of rotatable bonds is 4. The van der Waals surface area contributed by atoms with Crippen molar-refractivity contribution in [1.82, 2.24) is 0 Å². The second-order valence-electron chi connectivity index (χ2n) is 4.06. The van der Waals surface area contributed by atoms with Crippen LogP contribution in [0, 0.1) is 5.82 Å². The molecule has 0 amide bonds. The van der Waals surface area contributed by atoms with Crippen molar-refractivity contribution < 1.29 is 4.39 Å². The topological polar surface area (TPSA) is 26.0 Å². The van der Waals surface area contributed by atoms with Gasteiger partial charge in [0.25, 0.3) is 0 Å². The smallest absolute Gasteiger partial charge is 0.127 e. The maximum atomic E-state index is 13.6. The lowest BCUT2D eigenvalue weighted by atomic mass is 10.0. The Kier molecular flexibility index (Phi) is 4.78. The Labute approximate surface area is 123 Å². The molecule has 0 aliphatic rings. The number of hydrogen-bond donors (Lipinski definition) is 1. The van der Waals surface area contributed by atoms with Crippen LogP contribution in [-0.2, 0) is 12.8 Å². The molecular weight excluding hydrogens is 337 g/mol. The standard InChI is InChI=1S/C13H12BrClFNS/c14-10-4-5-18-13(10)7-8(17)6-9-11(15)2-1-3-12(9)16/h1-5,8H,6-7,17H2. The van der Waals surface area contributed by atoms with Crippen LogP contribution in [0.15, 0.2) is 34.1 Å². The largest absolute Gasteiger partial charge is 0.327 e. The highest BCUT2D eigenvalue weighted by molar-refractivity contribution is 9.10. The summed E-state index contributed by atoms with van der Waals surface area (Å²) >= 11 is 11.1. The van der Waals surface area contributed by atoms with Gasteiger partial charge in [-0.1, -0.05) is 17.7 Å². The molecule has 2 N–H and O–H groups in total. The van der Waals surface area contributed by atoms with Crippen molar-refractivity contribution in [3.63, 3.8) is 0 Å². The third kappa shape index (κ3) is 3.32. The number of benzene rings is 1. The molecule has 18 heavy (non-hydrogen) atoms. The Morgan fingerprint density at radius 2 is 2.11 bits per heavy atom. The van der Waals surface area contributed by atoms with Gasteiger partial charge in [0.2, 0.25) is 0 Å². The third-order valence-electron chi connectivity index (χ3n) is 2.67. The fourth-order valence-electron chi connectivity index (χ4n) is 1.77. The fraction of sp³-hybridized carbons (Fsp3) is 0.231. The average molecular weight is 349 g/mol. The molecule has 0 aliphatic heterocycles. The van der Waals surface area contributed by atoms with Crippen molar-refractivity contribution in [2.45, 2.75) is 18.9 Å². The van der Waals surface area contributed by atoms with Gasteiger partial charge < -0.3 is 5.73 Å². The lowest BCUT2D eigenvalue weighted by Gasteiger charge is -2.13. The molecule has 2 rings (SSSR count). The lowest BCUT2D eigenvalue weighted by molar-refractivity contribution is 0.585. The number of halogens is 3. The van der Waals surface area contributed by atoms with Crippen molar-refractivity contribution >= 4 is 38.9 Å². The van der Waals surface area contributed by atoms with Crippen LogP contribution in [0.2, 0.25) is 5.02 Å². The van der Waals surface area contributed by atoms with E-state index in [4.69, 9.17) is 17.3 Å². The van der Waals surface area contributed by atoms with E-state index < -0.39 is 0 Å². The van der Waals surface area contributed by atoms with Crippen molar-refractivity contribution in [2.75, 3.05) is 0 Å². The summed E-state index contributed by atoms with van der Waals surface area (Å²) in [6.07, 6.45) is 1.15. The highest BCUT2D eigenvalue weighted by atomic mass is 79.9. The Morgan fingerprint density at radius 1 is 1.33 bits per heavy atom. The summed E-state index contributed by atoms with van der Waals surface area (Å²) in [6, 6.07) is 6.54. The van der Waals surface area contributed by atoms with Gasteiger partial charge in [0.1, 0.15) is 5.82 Å². The van der Waals surface area contributed by atoms with E-state index in [1.54, 1.807) is 23.5 Å². The number of thiophene rings is 1.